The van der Waals surface area contributed by atoms with Gasteiger partial charge in [0, 0.05) is 12.5 Å². The number of rotatable bonds is 1. The van der Waals surface area contributed by atoms with E-state index in [2.05, 4.69) is 4.98 Å². The van der Waals surface area contributed by atoms with Gasteiger partial charge in [0.2, 0.25) is 0 Å². The Bertz CT molecular complexity index is 430. The summed E-state index contributed by atoms with van der Waals surface area (Å²) in [7, 11) is -3.20. The normalized spacial score (nSPS) is 12.9. The molecule has 1 aromatic rings. The van der Waals surface area contributed by atoms with Crippen LogP contribution >= 0.6 is 0 Å². The summed E-state index contributed by atoms with van der Waals surface area (Å²) >= 11 is 0. The number of hydrogen-bond acceptors (Lipinski definition) is 3. The van der Waals surface area contributed by atoms with Crippen LogP contribution in [0.2, 0.25) is 0 Å². The van der Waals surface area contributed by atoms with Crippen LogP contribution in [0.1, 0.15) is 26.3 Å². The highest BCUT2D eigenvalue weighted by atomic mass is 32.2. The molecule has 1 heterocycles. The zero-order valence-electron chi connectivity index (χ0n) is 8.90. The molecule has 3 nitrogen and oxygen atoms in total. The van der Waals surface area contributed by atoms with E-state index in [1.807, 2.05) is 26.8 Å². The van der Waals surface area contributed by atoms with E-state index in [-0.39, 0.29) is 10.4 Å². The van der Waals surface area contributed by atoms with E-state index in [1.165, 1.54) is 12.5 Å². The molecule has 0 fully saturated rings. The summed E-state index contributed by atoms with van der Waals surface area (Å²) in [4.78, 5) is 3.84. The molecule has 0 radical (unpaired) electrons. The highest BCUT2D eigenvalue weighted by Crippen LogP contribution is 2.22. The Labute approximate surface area is 85.1 Å². The Morgan fingerprint density at radius 1 is 1.29 bits per heavy atom. The van der Waals surface area contributed by atoms with Crippen LogP contribution in [0.3, 0.4) is 0 Å². The molecule has 0 aromatic carbocycles. The first-order valence-corrected chi connectivity index (χ1v) is 6.27. The number of aromatic nitrogens is 1. The van der Waals surface area contributed by atoms with Crippen LogP contribution in [0.15, 0.2) is 23.4 Å². The molecule has 0 spiro atoms. The monoisotopic (exact) mass is 213 g/mol. The van der Waals surface area contributed by atoms with E-state index in [1.54, 1.807) is 6.07 Å². The second-order valence-electron chi connectivity index (χ2n) is 4.40. The summed E-state index contributed by atoms with van der Waals surface area (Å²) < 4.78 is 22.5. The highest BCUT2D eigenvalue weighted by Gasteiger charge is 2.17. The third-order valence-electron chi connectivity index (χ3n) is 1.98. The molecule has 0 bridgehead atoms. The molecule has 0 unspecified atom stereocenters. The predicted octanol–water partition coefficient (Wildman–Crippen LogP) is 1.78. The summed E-state index contributed by atoms with van der Waals surface area (Å²) in [6, 6.07) is 3.48. The van der Waals surface area contributed by atoms with Crippen LogP contribution in [0.25, 0.3) is 0 Å². The largest absolute Gasteiger partial charge is 0.245 e. The average molecular weight is 213 g/mol. The van der Waals surface area contributed by atoms with E-state index in [9.17, 15) is 8.42 Å². The second-order valence-corrected chi connectivity index (χ2v) is 6.37. The minimum absolute atomic E-state index is 0.0532. The Morgan fingerprint density at radius 3 is 2.29 bits per heavy atom. The Balaban J connectivity index is 3.29. The minimum Gasteiger partial charge on any atom is -0.245 e. The molecular formula is C10H15NO2S. The molecule has 0 aliphatic carbocycles. The lowest BCUT2D eigenvalue weighted by atomic mass is 9.88. The van der Waals surface area contributed by atoms with Gasteiger partial charge in [-0.25, -0.2) is 13.4 Å². The van der Waals surface area contributed by atoms with Crippen LogP contribution in [0, 0.1) is 0 Å². The zero-order chi connectivity index (χ0) is 11.0. The van der Waals surface area contributed by atoms with Gasteiger partial charge in [-0.15, -0.1) is 0 Å². The first kappa shape index (κ1) is 11.2. The van der Waals surface area contributed by atoms with E-state index in [0.29, 0.717) is 0 Å². The van der Waals surface area contributed by atoms with Crippen LogP contribution in [-0.4, -0.2) is 19.7 Å². The van der Waals surface area contributed by atoms with Gasteiger partial charge in [0.25, 0.3) is 0 Å². The first-order chi connectivity index (χ1) is 6.21. The summed E-state index contributed by atoms with van der Waals surface area (Å²) in [5.74, 6) is 0. The van der Waals surface area contributed by atoms with Crippen LogP contribution < -0.4 is 0 Å². The van der Waals surface area contributed by atoms with Gasteiger partial charge in [0.15, 0.2) is 14.9 Å². The molecule has 0 aliphatic rings. The van der Waals surface area contributed by atoms with E-state index >= 15 is 0 Å². The Morgan fingerprint density at radius 2 is 1.86 bits per heavy atom. The van der Waals surface area contributed by atoms with Crippen molar-refractivity contribution < 1.29 is 8.42 Å². The van der Waals surface area contributed by atoms with Crippen molar-refractivity contribution in [1.29, 1.82) is 0 Å². The molecule has 78 valence electrons. The zero-order valence-corrected chi connectivity index (χ0v) is 9.72. The van der Waals surface area contributed by atoms with E-state index < -0.39 is 9.84 Å². The molecule has 1 rings (SSSR count). The van der Waals surface area contributed by atoms with Gasteiger partial charge in [-0.2, -0.15) is 0 Å². The maximum absolute atomic E-state index is 11.2. The van der Waals surface area contributed by atoms with Gasteiger partial charge in [0.05, 0.1) is 0 Å². The molecule has 0 saturated heterocycles. The molecule has 14 heavy (non-hydrogen) atoms. The SMILES string of the molecule is CC(C)(C)c1ccnc(S(C)(=O)=O)c1. The van der Waals surface area contributed by atoms with Crippen LogP contribution in [0.4, 0.5) is 0 Å². The second kappa shape index (κ2) is 3.35. The van der Waals surface area contributed by atoms with Gasteiger partial charge < -0.3 is 0 Å². The van der Waals surface area contributed by atoms with Crippen molar-refractivity contribution in [3.8, 4) is 0 Å². The van der Waals surface area contributed by atoms with Crippen molar-refractivity contribution >= 4 is 9.84 Å². The van der Waals surface area contributed by atoms with Crippen molar-refractivity contribution in [3.63, 3.8) is 0 Å². The Kier molecular flexibility index (Phi) is 2.67. The van der Waals surface area contributed by atoms with E-state index in [4.69, 9.17) is 0 Å². The van der Waals surface area contributed by atoms with E-state index in [0.717, 1.165) is 5.56 Å². The van der Waals surface area contributed by atoms with Gasteiger partial charge in [-0.1, -0.05) is 20.8 Å². The molecule has 4 heteroatoms. The van der Waals surface area contributed by atoms with Gasteiger partial charge >= 0.3 is 0 Å². The molecule has 1 aromatic heterocycles. The lowest BCUT2D eigenvalue weighted by molar-refractivity contribution is 0.581. The fourth-order valence-electron chi connectivity index (χ4n) is 1.08. The molecule has 0 amide bonds. The smallest absolute Gasteiger partial charge is 0.192 e. The molecular weight excluding hydrogens is 198 g/mol. The van der Waals surface area contributed by atoms with Crippen molar-refractivity contribution in [2.24, 2.45) is 0 Å². The maximum Gasteiger partial charge on any atom is 0.192 e. The van der Waals surface area contributed by atoms with Crippen molar-refractivity contribution in [3.05, 3.63) is 23.9 Å². The summed E-state index contributed by atoms with van der Waals surface area (Å²) in [6.45, 7) is 6.11. The molecule has 0 atom stereocenters. The molecule has 0 N–H and O–H groups in total. The summed E-state index contributed by atoms with van der Waals surface area (Å²) in [6.07, 6.45) is 2.71. The first-order valence-electron chi connectivity index (χ1n) is 4.38. The average Bonchev–Trinajstić information content (AvgIpc) is 2.01. The molecule has 0 saturated carbocycles. The highest BCUT2D eigenvalue weighted by molar-refractivity contribution is 7.90. The third kappa shape index (κ3) is 2.54. The fraction of sp³-hybridized carbons (Fsp3) is 0.500. The Hall–Kier alpha value is -0.900. The van der Waals surface area contributed by atoms with Crippen LogP contribution in [0.5, 0.6) is 0 Å². The van der Waals surface area contributed by atoms with Gasteiger partial charge in [0.1, 0.15) is 0 Å². The van der Waals surface area contributed by atoms with Crippen LogP contribution in [-0.2, 0) is 15.3 Å². The maximum atomic E-state index is 11.2. The van der Waals surface area contributed by atoms with Crippen molar-refractivity contribution in [2.75, 3.05) is 6.26 Å². The van der Waals surface area contributed by atoms with Crippen molar-refractivity contribution in [2.45, 2.75) is 31.2 Å². The summed E-state index contributed by atoms with van der Waals surface area (Å²) in [5.41, 5.74) is 0.926. The predicted molar refractivity (Wildman–Crippen MR) is 56.0 cm³/mol. The number of sulfone groups is 1. The van der Waals surface area contributed by atoms with Gasteiger partial charge in [-0.3, -0.25) is 0 Å². The van der Waals surface area contributed by atoms with Crippen molar-refractivity contribution in [1.82, 2.24) is 4.98 Å². The molecule has 0 aliphatic heterocycles. The minimum atomic E-state index is -3.20. The quantitative estimate of drug-likeness (QED) is 0.714. The lowest BCUT2D eigenvalue weighted by Crippen LogP contribution is -2.12. The fourth-order valence-corrected chi connectivity index (χ4v) is 1.67. The standard InChI is InChI=1S/C10H15NO2S/c1-10(2,3)8-5-6-11-9(7-8)14(4,12)13/h5-7H,1-4H3. The van der Waals surface area contributed by atoms with Gasteiger partial charge in [-0.05, 0) is 23.1 Å². The number of pyridine rings is 1. The number of hydrogen-bond donors (Lipinski definition) is 0. The topological polar surface area (TPSA) is 47.0 Å². The number of nitrogens with zero attached hydrogens (tertiary/aromatic N) is 1. The summed E-state index contributed by atoms with van der Waals surface area (Å²) in [5, 5.41) is 0.143. The third-order valence-corrected chi connectivity index (χ3v) is 2.96. The lowest BCUT2D eigenvalue weighted by Gasteiger charge is -2.18.